The Labute approximate surface area is 155 Å². The third kappa shape index (κ3) is 4.62. The Bertz CT molecular complexity index is 628. The highest BCUT2D eigenvalue weighted by molar-refractivity contribution is 6.00. The predicted octanol–water partition coefficient (Wildman–Crippen LogP) is 1.44. The molecule has 2 heterocycles. The number of amides is 2. The lowest BCUT2D eigenvalue weighted by Gasteiger charge is -2.26. The SMILES string of the molecule is CCc1ccccc1N1C[C@@H](C(=O)NCCCN2CCOCC2)CC1=O. The Morgan fingerprint density at radius 2 is 2.04 bits per heavy atom. The average Bonchev–Trinajstić information content (AvgIpc) is 3.07. The fourth-order valence-electron chi connectivity index (χ4n) is 3.67. The maximum Gasteiger partial charge on any atom is 0.227 e. The zero-order valence-corrected chi connectivity index (χ0v) is 15.6. The van der Waals surface area contributed by atoms with Gasteiger partial charge in [-0.2, -0.15) is 0 Å². The van der Waals surface area contributed by atoms with E-state index in [0.717, 1.165) is 56.9 Å². The van der Waals surface area contributed by atoms with Crippen molar-refractivity contribution in [3.8, 4) is 0 Å². The Morgan fingerprint density at radius 1 is 1.27 bits per heavy atom. The van der Waals surface area contributed by atoms with E-state index in [1.165, 1.54) is 0 Å². The van der Waals surface area contributed by atoms with Crippen LogP contribution in [0.25, 0.3) is 0 Å². The summed E-state index contributed by atoms with van der Waals surface area (Å²) in [5.74, 6) is -0.216. The van der Waals surface area contributed by atoms with E-state index in [4.69, 9.17) is 4.74 Å². The Hall–Kier alpha value is -1.92. The van der Waals surface area contributed by atoms with Gasteiger partial charge in [0.2, 0.25) is 11.8 Å². The predicted molar refractivity (Wildman–Crippen MR) is 101 cm³/mol. The number of anilines is 1. The maximum atomic E-state index is 12.4. The number of nitrogens with zero attached hydrogens (tertiary/aromatic N) is 2. The van der Waals surface area contributed by atoms with Crippen LogP contribution < -0.4 is 10.2 Å². The molecule has 0 spiro atoms. The Kier molecular flexibility index (Phi) is 6.63. The average molecular weight is 359 g/mol. The molecule has 1 N–H and O–H groups in total. The summed E-state index contributed by atoms with van der Waals surface area (Å²) in [5.41, 5.74) is 2.09. The second kappa shape index (κ2) is 9.14. The van der Waals surface area contributed by atoms with Crippen LogP contribution in [-0.4, -0.2) is 62.7 Å². The number of para-hydroxylation sites is 1. The van der Waals surface area contributed by atoms with E-state index in [1.54, 1.807) is 4.90 Å². The van der Waals surface area contributed by atoms with Gasteiger partial charge in [-0.3, -0.25) is 14.5 Å². The summed E-state index contributed by atoms with van der Waals surface area (Å²) in [6, 6.07) is 7.95. The van der Waals surface area contributed by atoms with Crippen LogP contribution in [0.1, 0.15) is 25.3 Å². The molecule has 1 atom stereocenters. The Morgan fingerprint density at radius 3 is 2.81 bits per heavy atom. The standard InChI is InChI=1S/C20H29N3O3/c1-2-16-6-3-4-7-18(16)23-15-17(14-19(23)24)20(25)21-8-5-9-22-10-12-26-13-11-22/h3-4,6-7,17H,2,5,8-15H2,1H3,(H,21,25)/t17-/m0/s1. The molecule has 26 heavy (non-hydrogen) atoms. The van der Waals surface area contributed by atoms with E-state index < -0.39 is 0 Å². The summed E-state index contributed by atoms with van der Waals surface area (Å²) in [4.78, 5) is 29.0. The van der Waals surface area contributed by atoms with Gasteiger partial charge in [0.15, 0.2) is 0 Å². The summed E-state index contributed by atoms with van der Waals surface area (Å²) in [6.45, 7) is 7.73. The molecule has 1 aromatic carbocycles. The lowest BCUT2D eigenvalue weighted by atomic mass is 10.1. The molecule has 1 aromatic rings. The summed E-state index contributed by atoms with van der Waals surface area (Å²) < 4.78 is 5.34. The van der Waals surface area contributed by atoms with Crippen molar-refractivity contribution in [1.29, 1.82) is 0 Å². The molecule has 142 valence electrons. The number of rotatable bonds is 7. The van der Waals surface area contributed by atoms with Crippen molar-refractivity contribution in [2.24, 2.45) is 5.92 Å². The van der Waals surface area contributed by atoms with Crippen LogP contribution >= 0.6 is 0 Å². The number of carbonyl (C=O) groups excluding carboxylic acids is 2. The minimum Gasteiger partial charge on any atom is -0.379 e. The summed E-state index contributed by atoms with van der Waals surface area (Å²) in [5, 5.41) is 3.01. The first-order valence-electron chi connectivity index (χ1n) is 9.65. The second-order valence-corrected chi connectivity index (χ2v) is 6.99. The highest BCUT2D eigenvalue weighted by Crippen LogP contribution is 2.28. The molecule has 6 nitrogen and oxygen atoms in total. The highest BCUT2D eigenvalue weighted by Gasteiger charge is 2.35. The summed E-state index contributed by atoms with van der Waals surface area (Å²) in [7, 11) is 0. The molecule has 0 unspecified atom stereocenters. The van der Waals surface area contributed by atoms with E-state index in [0.29, 0.717) is 19.5 Å². The van der Waals surface area contributed by atoms with Crippen molar-refractivity contribution in [3.63, 3.8) is 0 Å². The van der Waals surface area contributed by atoms with Crippen LogP contribution in [0.5, 0.6) is 0 Å². The van der Waals surface area contributed by atoms with Crippen molar-refractivity contribution in [2.75, 3.05) is 50.8 Å². The minimum atomic E-state index is -0.254. The van der Waals surface area contributed by atoms with Crippen molar-refractivity contribution in [3.05, 3.63) is 29.8 Å². The van der Waals surface area contributed by atoms with Crippen molar-refractivity contribution < 1.29 is 14.3 Å². The first kappa shape index (κ1) is 18.9. The van der Waals surface area contributed by atoms with E-state index in [-0.39, 0.29) is 17.7 Å². The van der Waals surface area contributed by atoms with Crippen molar-refractivity contribution >= 4 is 17.5 Å². The van der Waals surface area contributed by atoms with Crippen LogP contribution in [0.3, 0.4) is 0 Å². The molecular weight excluding hydrogens is 330 g/mol. The number of carbonyl (C=O) groups is 2. The fourth-order valence-corrected chi connectivity index (χ4v) is 3.67. The first-order valence-corrected chi connectivity index (χ1v) is 9.65. The monoisotopic (exact) mass is 359 g/mol. The van der Waals surface area contributed by atoms with Gasteiger partial charge in [-0.25, -0.2) is 0 Å². The molecular formula is C20H29N3O3. The second-order valence-electron chi connectivity index (χ2n) is 6.99. The molecule has 2 saturated heterocycles. The molecule has 0 radical (unpaired) electrons. The molecule has 2 aliphatic heterocycles. The zero-order valence-electron chi connectivity index (χ0n) is 15.6. The third-order valence-corrected chi connectivity index (χ3v) is 5.21. The largest absolute Gasteiger partial charge is 0.379 e. The summed E-state index contributed by atoms with van der Waals surface area (Å²) >= 11 is 0. The van der Waals surface area contributed by atoms with Gasteiger partial charge in [-0.1, -0.05) is 25.1 Å². The number of morpholine rings is 1. The van der Waals surface area contributed by atoms with Crippen molar-refractivity contribution in [1.82, 2.24) is 10.2 Å². The number of benzene rings is 1. The maximum absolute atomic E-state index is 12.4. The number of hydrogen-bond donors (Lipinski definition) is 1. The van der Waals surface area contributed by atoms with Gasteiger partial charge >= 0.3 is 0 Å². The van der Waals surface area contributed by atoms with Gasteiger partial charge in [0, 0.05) is 38.3 Å². The fraction of sp³-hybridized carbons (Fsp3) is 0.600. The van der Waals surface area contributed by atoms with Gasteiger partial charge in [0.25, 0.3) is 0 Å². The smallest absolute Gasteiger partial charge is 0.227 e. The van der Waals surface area contributed by atoms with Gasteiger partial charge in [-0.05, 0) is 31.0 Å². The molecule has 3 rings (SSSR count). The summed E-state index contributed by atoms with van der Waals surface area (Å²) in [6.07, 6.45) is 2.10. The van der Waals surface area contributed by atoms with Gasteiger partial charge in [0.05, 0.1) is 19.1 Å². The van der Waals surface area contributed by atoms with E-state index in [9.17, 15) is 9.59 Å². The molecule has 0 bridgehead atoms. The highest BCUT2D eigenvalue weighted by atomic mass is 16.5. The van der Waals surface area contributed by atoms with Crippen LogP contribution in [0, 0.1) is 5.92 Å². The minimum absolute atomic E-state index is 0.00296. The van der Waals surface area contributed by atoms with E-state index in [2.05, 4.69) is 17.1 Å². The van der Waals surface area contributed by atoms with Gasteiger partial charge in [-0.15, -0.1) is 0 Å². The molecule has 2 aliphatic rings. The Balaban J connectivity index is 1.46. The van der Waals surface area contributed by atoms with Crippen LogP contribution in [0.2, 0.25) is 0 Å². The quantitative estimate of drug-likeness (QED) is 0.749. The molecule has 0 aromatic heterocycles. The van der Waals surface area contributed by atoms with Crippen LogP contribution in [-0.2, 0) is 20.7 Å². The topological polar surface area (TPSA) is 61.9 Å². The first-order chi connectivity index (χ1) is 12.7. The normalized spacial score (nSPS) is 21.2. The van der Waals surface area contributed by atoms with E-state index >= 15 is 0 Å². The van der Waals surface area contributed by atoms with Gasteiger partial charge in [0.1, 0.15) is 0 Å². The molecule has 6 heteroatoms. The van der Waals surface area contributed by atoms with Crippen molar-refractivity contribution in [2.45, 2.75) is 26.2 Å². The number of hydrogen-bond acceptors (Lipinski definition) is 4. The number of ether oxygens (including phenoxy) is 1. The third-order valence-electron chi connectivity index (χ3n) is 5.21. The lowest BCUT2D eigenvalue weighted by Crippen LogP contribution is -2.39. The zero-order chi connectivity index (χ0) is 18.4. The molecule has 0 aliphatic carbocycles. The lowest BCUT2D eigenvalue weighted by molar-refractivity contribution is -0.126. The number of nitrogens with one attached hydrogen (secondary N) is 1. The molecule has 2 amide bonds. The van der Waals surface area contributed by atoms with E-state index in [1.807, 2.05) is 24.3 Å². The van der Waals surface area contributed by atoms with Crippen LogP contribution in [0.15, 0.2) is 24.3 Å². The van der Waals surface area contributed by atoms with Gasteiger partial charge < -0.3 is 15.0 Å². The number of aryl methyl sites for hydroxylation is 1. The molecule has 2 fully saturated rings. The molecule has 0 saturated carbocycles. The van der Waals surface area contributed by atoms with Crippen LogP contribution in [0.4, 0.5) is 5.69 Å².